The molecule has 0 fully saturated rings. The molecular formula is C16H18N2O4S. The summed E-state index contributed by atoms with van der Waals surface area (Å²) in [7, 11) is -0.384. The molecule has 0 heterocycles. The van der Waals surface area contributed by atoms with Gasteiger partial charge in [-0.15, -0.1) is 0 Å². The standard InChI is InChI=1S/C16H18N2O4S/c1-18(2)16(19)12-22-14-8-10-15(11-9-14)23(20,21)17-13-6-4-3-5-7-13/h3-11,17H,12H2,1-2H3. The van der Waals surface area contributed by atoms with E-state index < -0.39 is 10.0 Å². The Labute approximate surface area is 135 Å². The first kappa shape index (κ1) is 16.8. The molecule has 0 aliphatic rings. The van der Waals surface area contributed by atoms with E-state index in [2.05, 4.69) is 4.72 Å². The predicted molar refractivity (Wildman–Crippen MR) is 87.9 cm³/mol. The molecule has 0 spiro atoms. The topological polar surface area (TPSA) is 75.7 Å². The minimum Gasteiger partial charge on any atom is -0.484 e. The van der Waals surface area contributed by atoms with E-state index in [9.17, 15) is 13.2 Å². The van der Waals surface area contributed by atoms with Crippen molar-refractivity contribution in [2.45, 2.75) is 4.90 Å². The van der Waals surface area contributed by atoms with Crippen molar-refractivity contribution in [3.63, 3.8) is 0 Å². The van der Waals surface area contributed by atoms with Crippen LogP contribution in [-0.2, 0) is 14.8 Å². The van der Waals surface area contributed by atoms with Gasteiger partial charge in [0.2, 0.25) is 0 Å². The number of likely N-dealkylation sites (N-methyl/N-ethyl adjacent to an activating group) is 1. The fourth-order valence-electron chi connectivity index (χ4n) is 1.71. The molecule has 0 bridgehead atoms. The van der Waals surface area contributed by atoms with Crippen LogP contribution in [0.5, 0.6) is 5.75 Å². The van der Waals surface area contributed by atoms with Crippen molar-refractivity contribution < 1.29 is 17.9 Å². The Morgan fingerprint density at radius 2 is 1.65 bits per heavy atom. The molecule has 0 radical (unpaired) electrons. The van der Waals surface area contributed by atoms with Gasteiger partial charge in [-0.05, 0) is 36.4 Å². The highest BCUT2D eigenvalue weighted by Gasteiger charge is 2.14. The fourth-order valence-corrected chi connectivity index (χ4v) is 2.77. The van der Waals surface area contributed by atoms with Crippen LogP contribution in [0.3, 0.4) is 0 Å². The first-order valence-electron chi connectivity index (χ1n) is 6.89. The van der Waals surface area contributed by atoms with Gasteiger partial charge in [0.1, 0.15) is 5.75 Å². The molecule has 7 heteroatoms. The number of benzene rings is 2. The number of para-hydroxylation sites is 1. The van der Waals surface area contributed by atoms with Gasteiger partial charge in [0, 0.05) is 19.8 Å². The third-order valence-corrected chi connectivity index (χ3v) is 4.42. The number of nitrogens with one attached hydrogen (secondary N) is 1. The monoisotopic (exact) mass is 334 g/mol. The minimum absolute atomic E-state index is 0.0959. The Morgan fingerprint density at radius 3 is 2.22 bits per heavy atom. The molecule has 0 atom stereocenters. The molecule has 1 amide bonds. The number of hydrogen-bond acceptors (Lipinski definition) is 4. The van der Waals surface area contributed by atoms with Crippen LogP contribution < -0.4 is 9.46 Å². The van der Waals surface area contributed by atoms with Gasteiger partial charge in [0.05, 0.1) is 4.90 Å². The van der Waals surface area contributed by atoms with Crippen molar-refractivity contribution in [3.8, 4) is 5.75 Å². The molecule has 0 aliphatic carbocycles. The maximum Gasteiger partial charge on any atom is 0.261 e. The van der Waals surface area contributed by atoms with Crippen LogP contribution in [0.4, 0.5) is 5.69 Å². The van der Waals surface area contributed by atoms with E-state index >= 15 is 0 Å². The quantitative estimate of drug-likeness (QED) is 0.876. The molecule has 23 heavy (non-hydrogen) atoms. The maximum absolute atomic E-state index is 12.3. The minimum atomic E-state index is -3.66. The maximum atomic E-state index is 12.3. The number of anilines is 1. The van der Waals surface area contributed by atoms with Crippen LogP contribution >= 0.6 is 0 Å². The molecule has 2 rings (SSSR count). The number of carbonyl (C=O) groups excluding carboxylic acids is 1. The van der Waals surface area contributed by atoms with Crippen LogP contribution in [0.15, 0.2) is 59.5 Å². The van der Waals surface area contributed by atoms with Crippen LogP contribution in [-0.4, -0.2) is 39.9 Å². The molecule has 2 aromatic carbocycles. The van der Waals surface area contributed by atoms with E-state index in [4.69, 9.17) is 4.74 Å². The van der Waals surface area contributed by atoms with Gasteiger partial charge in [-0.1, -0.05) is 18.2 Å². The normalized spacial score (nSPS) is 10.9. The van der Waals surface area contributed by atoms with Gasteiger partial charge in [-0.3, -0.25) is 9.52 Å². The summed E-state index contributed by atoms with van der Waals surface area (Å²) >= 11 is 0. The van der Waals surface area contributed by atoms with Crippen molar-refractivity contribution in [2.75, 3.05) is 25.4 Å². The molecule has 0 aliphatic heterocycles. The second-order valence-electron chi connectivity index (χ2n) is 5.02. The number of amides is 1. The molecule has 2 aromatic rings. The van der Waals surface area contributed by atoms with Gasteiger partial charge in [0.15, 0.2) is 6.61 Å². The molecule has 0 saturated carbocycles. The molecule has 6 nitrogen and oxygen atoms in total. The summed E-state index contributed by atoms with van der Waals surface area (Å²) in [6.45, 7) is -0.0959. The lowest BCUT2D eigenvalue weighted by molar-refractivity contribution is -0.130. The number of nitrogens with zero attached hydrogens (tertiary/aromatic N) is 1. The SMILES string of the molecule is CN(C)C(=O)COc1ccc(S(=O)(=O)Nc2ccccc2)cc1. The highest BCUT2D eigenvalue weighted by molar-refractivity contribution is 7.92. The predicted octanol–water partition coefficient (Wildman–Crippen LogP) is 1.95. The number of sulfonamides is 1. The van der Waals surface area contributed by atoms with Crippen LogP contribution in [0.2, 0.25) is 0 Å². The van der Waals surface area contributed by atoms with Crippen LogP contribution in [0.1, 0.15) is 0 Å². The number of ether oxygens (including phenoxy) is 1. The molecule has 0 unspecified atom stereocenters. The Balaban J connectivity index is 2.05. The summed E-state index contributed by atoms with van der Waals surface area (Å²) in [6, 6.07) is 14.5. The van der Waals surface area contributed by atoms with E-state index in [1.165, 1.54) is 29.2 Å². The molecule has 122 valence electrons. The summed E-state index contributed by atoms with van der Waals surface area (Å²) in [5, 5.41) is 0. The van der Waals surface area contributed by atoms with Crippen molar-refractivity contribution in [2.24, 2.45) is 0 Å². The van der Waals surface area contributed by atoms with Crippen LogP contribution in [0.25, 0.3) is 0 Å². The molecule has 1 N–H and O–H groups in total. The Hall–Kier alpha value is -2.54. The first-order valence-corrected chi connectivity index (χ1v) is 8.38. The lowest BCUT2D eigenvalue weighted by Crippen LogP contribution is -2.27. The summed E-state index contributed by atoms with van der Waals surface area (Å²) in [6.07, 6.45) is 0. The van der Waals surface area contributed by atoms with Crippen LogP contribution in [0, 0.1) is 0 Å². The van der Waals surface area contributed by atoms with Crippen molar-refractivity contribution in [3.05, 3.63) is 54.6 Å². The second kappa shape index (κ2) is 7.15. The summed E-state index contributed by atoms with van der Waals surface area (Å²) in [4.78, 5) is 13.0. The highest BCUT2D eigenvalue weighted by Crippen LogP contribution is 2.19. The number of carbonyl (C=O) groups is 1. The Morgan fingerprint density at radius 1 is 1.04 bits per heavy atom. The van der Waals surface area contributed by atoms with E-state index in [1.54, 1.807) is 44.4 Å². The van der Waals surface area contributed by atoms with Gasteiger partial charge in [-0.25, -0.2) is 8.42 Å². The summed E-state index contributed by atoms with van der Waals surface area (Å²) in [5.41, 5.74) is 0.490. The second-order valence-corrected chi connectivity index (χ2v) is 6.70. The number of hydrogen-bond donors (Lipinski definition) is 1. The summed E-state index contributed by atoms with van der Waals surface area (Å²) in [5.74, 6) is 0.256. The van der Waals surface area contributed by atoms with Gasteiger partial charge in [0.25, 0.3) is 15.9 Å². The lowest BCUT2D eigenvalue weighted by Gasteiger charge is -2.12. The third-order valence-electron chi connectivity index (χ3n) is 3.02. The first-order chi connectivity index (χ1) is 10.9. The lowest BCUT2D eigenvalue weighted by atomic mass is 10.3. The molecule has 0 aromatic heterocycles. The Kier molecular flexibility index (Phi) is 5.23. The molecule has 0 saturated heterocycles. The third kappa shape index (κ3) is 4.72. The fraction of sp³-hybridized carbons (Fsp3) is 0.188. The van der Waals surface area contributed by atoms with E-state index in [0.29, 0.717) is 11.4 Å². The number of rotatable bonds is 6. The van der Waals surface area contributed by atoms with E-state index in [-0.39, 0.29) is 17.4 Å². The Bertz CT molecular complexity index is 756. The van der Waals surface area contributed by atoms with Gasteiger partial charge >= 0.3 is 0 Å². The average molecular weight is 334 g/mol. The van der Waals surface area contributed by atoms with Crippen molar-refractivity contribution in [1.29, 1.82) is 0 Å². The smallest absolute Gasteiger partial charge is 0.261 e. The zero-order chi connectivity index (χ0) is 16.9. The van der Waals surface area contributed by atoms with E-state index in [1.807, 2.05) is 0 Å². The van der Waals surface area contributed by atoms with Gasteiger partial charge in [-0.2, -0.15) is 0 Å². The zero-order valence-electron chi connectivity index (χ0n) is 12.9. The van der Waals surface area contributed by atoms with Crippen molar-refractivity contribution >= 4 is 21.6 Å². The van der Waals surface area contributed by atoms with E-state index in [0.717, 1.165) is 0 Å². The van der Waals surface area contributed by atoms with Gasteiger partial charge < -0.3 is 9.64 Å². The highest BCUT2D eigenvalue weighted by atomic mass is 32.2. The van der Waals surface area contributed by atoms with Crippen molar-refractivity contribution in [1.82, 2.24) is 4.90 Å². The molecular weight excluding hydrogens is 316 g/mol. The average Bonchev–Trinajstić information content (AvgIpc) is 2.53. The largest absolute Gasteiger partial charge is 0.484 e. The summed E-state index contributed by atoms with van der Waals surface area (Å²) < 4.78 is 32.3. The zero-order valence-corrected chi connectivity index (χ0v) is 13.7.